The lowest BCUT2D eigenvalue weighted by molar-refractivity contribution is -0.133. The minimum absolute atomic E-state index is 0.0536. The van der Waals surface area contributed by atoms with Crippen molar-refractivity contribution in [2.45, 2.75) is 19.1 Å². The fourth-order valence-electron chi connectivity index (χ4n) is 4.64. The number of hydrogen-bond donors (Lipinski definition) is 0. The molecule has 2 aliphatic rings. The molecule has 11 heteroatoms. The van der Waals surface area contributed by atoms with Gasteiger partial charge in [-0.05, 0) is 43.1 Å². The monoisotopic (exact) mass is 532 g/mol. The quantitative estimate of drug-likeness (QED) is 0.390. The number of carbonyl (C=O) groups excluding carboxylic acids is 2. The van der Waals surface area contributed by atoms with Crippen LogP contribution in [0.4, 0.5) is 15.9 Å². The number of halogens is 1. The minimum atomic E-state index is -0.662. The van der Waals surface area contributed by atoms with E-state index in [2.05, 4.69) is 21.7 Å². The largest absolute Gasteiger partial charge is 0.479 e. The van der Waals surface area contributed by atoms with E-state index in [1.807, 2.05) is 11.0 Å². The van der Waals surface area contributed by atoms with Gasteiger partial charge in [-0.3, -0.25) is 14.6 Å². The van der Waals surface area contributed by atoms with Crippen molar-refractivity contribution in [1.82, 2.24) is 14.9 Å². The van der Waals surface area contributed by atoms with E-state index in [9.17, 15) is 14.0 Å². The highest BCUT2D eigenvalue weighted by Gasteiger charge is 2.37. The number of aliphatic imine (C=N–C) groups is 1. The van der Waals surface area contributed by atoms with E-state index in [-0.39, 0.29) is 23.5 Å². The van der Waals surface area contributed by atoms with Gasteiger partial charge in [0.05, 0.1) is 30.5 Å². The lowest BCUT2D eigenvalue weighted by Gasteiger charge is -2.41. The molecule has 39 heavy (non-hydrogen) atoms. The summed E-state index contributed by atoms with van der Waals surface area (Å²) < 4.78 is 24.6. The fraction of sp³-hybridized carbons (Fsp3) is 0.321. The molecule has 5 rings (SSSR count). The molecule has 202 valence electrons. The van der Waals surface area contributed by atoms with E-state index in [1.165, 1.54) is 30.5 Å². The Morgan fingerprint density at radius 1 is 1.13 bits per heavy atom. The maximum atomic E-state index is 13.2. The molecule has 2 aromatic heterocycles. The second-order valence-electron chi connectivity index (χ2n) is 9.67. The third-order valence-corrected chi connectivity index (χ3v) is 6.67. The summed E-state index contributed by atoms with van der Waals surface area (Å²) in [5.74, 6) is 1.50. The molecular formula is C28H29FN6O4. The number of benzene rings is 1. The predicted octanol–water partition coefficient (Wildman–Crippen LogP) is 3.32. The predicted molar refractivity (Wildman–Crippen MR) is 144 cm³/mol. The summed E-state index contributed by atoms with van der Waals surface area (Å²) in [6.45, 7) is 5.62. The van der Waals surface area contributed by atoms with Crippen LogP contribution in [-0.4, -0.2) is 73.2 Å². The Morgan fingerprint density at radius 2 is 1.87 bits per heavy atom. The fourth-order valence-corrected chi connectivity index (χ4v) is 4.64. The van der Waals surface area contributed by atoms with Crippen LogP contribution in [0.3, 0.4) is 0 Å². The Labute approximate surface area is 225 Å². The van der Waals surface area contributed by atoms with Crippen LogP contribution in [0.1, 0.15) is 12.0 Å². The van der Waals surface area contributed by atoms with E-state index < -0.39 is 6.10 Å². The average molecular weight is 533 g/mol. The maximum Gasteiger partial charge on any atom is 0.268 e. The smallest absolute Gasteiger partial charge is 0.268 e. The van der Waals surface area contributed by atoms with Gasteiger partial charge in [0.15, 0.2) is 6.10 Å². The first kappa shape index (κ1) is 26.1. The molecule has 2 aliphatic heterocycles. The molecular weight excluding hydrogens is 503 g/mol. The Morgan fingerprint density at radius 3 is 2.54 bits per heavy atom. The van der Waals surface area contributed by atoms with Gasteiger partial charge >= 0.3 is 0 Å². The van der Waals surface area contributed by atoms with Crippen LogP contribution in [0.25, 0.3) is 0 Å². The zero-order valence-electron chi connectivity index (χ0n) is 21.8. The standard InChI is InChI=1S/C28H29FN6O4/c1-30-13-18-12-21(14-32-26(18)34-16-19(17-34)27(36)33(2)3)35-11-10-24(28(35)37)38-23-8-9-25(31-15-23)39-22-6-4-20(29)5-7-22/h4-9,12,14-15,19,24H,1,10-11,13,16-17H2,2-3H3/t24-/m1/s1. The summed E-state index contributed by atoms with van der Waals surface area (Å²) in [6.07, 6.45) is 3.00. The van der Waals surface area contributed by atoms with Gasteiger partial charge in [-0.15, -0.1) is 0 Å². The number of hydrogen-bond acceptors (Lipinski definition) is 8. The zero-order chi connectivity index (χ0) is 27.5. The van der Waals surface area contributed by atoms with Crippen LogP contribution in [-0.2, 0) is 16.1 Å². The lowest BCUT2D eigenvalue weighted by atomic mass is 9.98. The van der Waals surface area contributed by atoms with Gasteiger partial charge in [-0.1, -0.05) is 0 Å². The average Bonchev–Trinajstić information content (AvgIpc) is 3.26. The molecule has 0 radical (unpaired) electrons. The summed E-state index contributed by atoms with van der Waals surface area (Å²) in [5, 5.41) is 0. The molecule has 2 fully saturated rings. The van der Waals surface area contributed by atoms with Gasteiger partial charge in [0.1, 0.15) is 23.1 Å². The molecule has 0 N–H and O–H groups in total. The highest BCUT2D eigenvalue weighted by Crippen LogP contribution is 2.32. The van der Waals surface area contributed by atoms with Gasteiger partial charge in [0, 0.05) is 51.8 Å². The van der Waals surface area contributed by atoms with Crippen molar-refractivity contribution < 1.29 is 23.5 Å². The number of nitrogens with zero attached hydrogens (tertiary/aromatic N) is 6. The molecule has 0 spiro atoms. The van der Waals surface area contributed by atoms with Crippen LogP contribution in [0, 0.1) is 11.7 Å². The van der Waals surface area contributed by atoms with Crippen LogP contribution < -0.4 is 19.3 Å². The molecule has 3 aromatic rings. The van der Waals surface area contributed by atoms with Gasteiger partial charge in [0.25, 0.3) is 5.91 Å². The van der Waals surface area contributed by atoms with E-state index >= 15 is 0 Å². The lowest BCUT2D eigenvalue weighted by Crippen LogP contribution is -2.54. The van der Waals surface area contributed by atoms with Crippen molar-refractivity contribution in [2.75, 3.05) is 43.5 Å². The topological polar surface area (TPSA) is 100 Å². The van der Waals surface area contributed by atoms with Crippen molar-refractivity contribution >= 4 is 30.0 Å². The molecule has 1 atom stereocenters. The van der Waals surface area contributed by atoms with Crippen molar-refractivity contribution in [1.29, 1.82) is 0 Å². The Bertz CT molecular complexity index is 1360. The van der Waals surface area contributed by atoms with Crippen molar-refractivity contribution in [3.8, 4) is 17.4 Å². The number of pyridine rings is 2. The SMILES string of the molecule is C=NCc1cc(N2CC[C@@H](Oc3ccc(Oc4ccc(F)cc4)nc3)C2=O)cnc1N1CC(C(=O)N(C)C)C1. The molecule has 1 aromatic carbocycles. The summed E-state index contributed by atoms with van der Waals surface area (Å²) in [7, 11) is 3.51. The van der Waals surface area contributed by atoms with Crippen molar-refractivity contribution in [2.24, 2.45) is 10.9 Å². The number of aromatic nitrogens is 2. The summed E-state index contributed by atoms with van der Waals surface area (Å²) in [6, 6.07) is 10.8. The molecule has 2 amide bonds. The maximum absolute atomic E-state index is 13.2. The van der Waals surface area contributed by atoms with Crippen molar-refractivity contribution in [3.63, 3.8) is 0 Å². The highest BCUT2D eigenvalue weighted by molar-refractivity contribution is 5.99. The van der Waals surface area contributed by atoms with Crippen molar-refractivity contribution in [3.05, 3.63) is 66.2 Å². The highest BCUT2D eigenvalue weighted by atomic mass is 19.1. The molecule has 0 unspecified atom stereocenters. The molecule has 4 heterocycles. The van der Waals surface area contributed by atoms with Gasteiger partial charge in [-0.25, -0.2) is 14.4 Å². The number of rotatable bonds is 9. The molecule has 2 saturated heterocycles. The third-order valence-electron chi connectivity index (χ3n) is 6.67. The number of anilines is 2. The van der Waals surface area contributed by atoms with Crippen LogP contribution >= 0.6 is 0 Å². The first-order chi connectivity index (χ1) is 18.8. The van der Waals surface area contributed by atoms with Gasteiger partial charge < -0.3 is 24.2 Å². The van der Waals surface area contributed by atoms with E-state index in [0.29, 0.717) is 55.7 Å². The Balaban J connectivity index is 1.22. The van der Waals surface area contributed by atoms with E-state index in [4.69, 9.17) is 9.47 Å². The number of amides is 2. The number of ether oxygens (including phenoxy) is 2. The summed E-state index contributed by atoms with van der Waals surface area (Å²) >= 11 is 0. The first-order valence-electron chi connectivity index (χ1n) is 12.6. The van der Waals surface area contributed by atoms with Gasteiger partial charge in [0.2, 0.25) is 11.8 Å². The van der Waals surface area contributed by atoms with Gasteiger partial charge in [-0.2, -0.15) is 0 Å². The van der Waals surface area contributed by atoms with Crippen LogP contribution in [0.15, 0.2) is 59.9 Å². The van der Waals surface area contributed by atoms with E-state index in [1.54, 1.807) is 42.2 Å². The molecule has 10 nitrogen and oxygen atoms in total. The summed E-state index contributed by atoms with van der Waals surface area (Å²) in [5.41, 5.74) is 1.51. The first-order valence-corrected chi connectivity index (χ1v) is 12.6. The Kier molecular flexibility index (Phi) is 7.40. The molecule has 0 bridgehead atoms. The summed E-state index contributed by atoms with van der Waals surface area (Å²) in [4.78, 5) is 43.6. The van der Waals surface area contributed by atoms with Crippen LogP contribution in [0.5, 0.6) is 17.4 Å². The Hall–Kier alpha value is -4.54. The minimum Gasteiger partial charge on any atom is -0.479 e. The zero-order valence-corrected chi connectivity index (χ0v) is 21.8. The second kappa shape index (κ2) is 11.1. The van der Waals surface area contributed by atoms with E-state index in [0.717, 1.165) is 11.4 Å². The molecule has 0 aliphatic carbocycles. The normalized spacial score (nSPS) is 17.1. The third kappa shape index (κ3) is 5.66. The number of carbonyl (C=O) groups is 2. The molecule has 0 saturated carbocycles. The van der Waals surface area contributed by atoms with Crippen LogP contribution in [0.2, 0.25) is 0 Å². The second-order valence-corrected chi connectivity index (χ2v) is 9.67.